The van der Waals surface area contributed by atoms with Crippen LogP contribution in [0.4, 0.5) is 5.13 Å². The zero-order valence-corrected chi connectivity index (χ0v) is 14.9. The van der Waals surface area contributed by atoms with Gasteiger partial charge in [-0.1, -0.05) is 17.4 Å². The topological polar surface area (TPSA) is 97.8 Å². The van der Waals surface area contributed by atoms with E-state index in [1.165, 1.54) is 36.6 Å². The maximum absolute atomic E-state index is 12.0. The molecule has 0 radical (unpaired) electrons. The third-order valence-corrected chi connectivity index (χ3v) is 4.48. The van der Waals surface area contributed by atoms with Gasteiger partial charge in [0.15, 0.2) is 11.7 Å². The van der Waals surface area contributed by atoms with Gasteiger partial charge in [0.2, 0.25) is 0 Å². The maximum atomic E-state index is 12.0. The summed E-state index contributed by atoms with van der Waals surface area (Å²) in [4.78, 5) is 28.3. The fourth-order valence-electron chi connectivity index (χ4n) is 2.26. The second-order valence-electron chi connectivity index (χ2n) is 5.50. The predicted octanol–water partition coefficient (Wildman–Crippen LogP) is 3.11. The molecule has 2 N–H and O–H groups in total. The van der Waals surface area contributed by atoms with Crippen LogP contribution in [0.15, 0.2) is 36.4 Å². The number of nitrogens with zero attached hydrogens (tertiary/aromatic N) is 1. The van der Waals surface area contributed by atoms with Crippen LogP contribution >= 0.6 is 11.3 Å². The summed E-state index contributed by atoms with van der Waals surface area (Å²) in [6, 6.07) is 9.96. The van der Waals surface area contributed by atoms with Crippen molar-refractivity contribution < 1.29 is 24.2 Å². The summed E-state index contributed by atoms with van der Waals surface area (Å²) in [5.41, 5.74) is 1.81. The lowest BCUT2D eigenvalue weighted by Crippen LogP contribution is -2.20. The smallest absolute Gasteiger partial charge is 0.342 e. The number of thiazole rings is 1. The van der Waals surface area contributed by atoms with Gasteiger partial charge in [0, 0.05) is 0 Å². The fourth-order valence-corrected chi connectivity index (χ4v) is 3.24. The molecule has 0 aliphatic heterocycles. The van der Waals surface area contributed by atoms with Gasteiger partial charge in [0.25, 0.3) is 5.91 Å². The van der Waals surface area contributed by atoms with Crippen LogP contribution in [-0.4, -0.2) is 35.7 Å². The molecular weight excluding hydrogens is 356 g/mol. The third kappa shape index (κ3) is 3.92. The number of nitrogens with one attached hydrogen (secondary N) is 1. The number of aryl methyl sites for hydroxylation is 1. The molecule has 1 aromatic heterocycles. The van der Waals surface area contributed by atoms with Crippen LogP contribution in [-0.2, 0) is 9.53 Å². The van der Waals surface area contributed by atoms with Crippen molar-refractivity contribution in [3.63, 3.8) is 0 Å². The molecule has 134 valence electrons. The molecule has 0 atom stereocenters. The number of hydrogen-bond donors (Lipinski definition) is 2. The van der Waals surface area contributed by atoms with Gasteiger partial charge in [-0.2, -0.15) is 0 Å². The van der Waals surface area contributed by atoms with E-state index in [0.29, 0.717) is 10.9 Å². The number of ether oxygens (including phenoxy) is 2. The summed E-state index contributed by atoms with van der Waals surface area (Å²) in [6.07, 6.45) is 0. The van der Waals surface area contributed by atoms with E-state index in [1.807, 2.05) is 25.1 Å². The number of phenols is 1. The molecule has 0 fully saturated rings. The number of benzene rings is 2. The quantitative estimate of drug-likeness (QED) is 0.668. The standard InChI is InChI=1S/C18H16N2O5S/c1-10-3-5-13-15(7-10)26-18(19-13)20-16(22)9-25-17(23)12-8-11(24-2)4-6-14(12)21/h3-8,21H,9H2,1-2H3,(H,19,20,22). The number of esters is 1. The maximum Gasteiger partial charge on any atom is 0.342 e. The molecule has 26 heavy (non-hydrogen) atoms. The minimum atomic E-state index is -0.823. The first kappa shape index (κ1) is 17.7. The number of phenolic OH excluding ortho intramolecular Hbond substituents is 1. The Morgan fingerprint density at radius 1 is 1.23 bits per heavy atom. The second kappa shape index (κ2) is 7.40. The van der Waals surface area contributed by atoms with E-state index in [1.54, 1.807) is 0 Å². The van der Waals surface area contributed by atoms with Gasteiger partial charge in [0.05, 0.1) is 17.3 Å². The van der Waals surface area contributed by atoms with Gasteiger partial charge in [-0.05, 0) is 42.8 Å². The van der Waals surface area contributed by atoms with Crippen LogP contribution in [0.1, 0.15) is 15.9 Å². The normalized spacial score (nSPS) is 10.5. The van der Waals surface area contributed by atoms with E-state index < -0.39 is 18.5 Å². The average Bonchev–Trinajstić information content (AvgIpc) is 3.01. The second-order valence-corrected chi connectivity index (χ2v) is 6.53. The average molecular weight is 372 g/mol. The Bertz CT molecular complexity index is 983. The van der Waals surface area contributed by atoms with Gasteiger partial charge >= 0.3 is 5.97 Å². The summed E-state index contributed by atoms with van der Waals surface area (Å²) in [5.74, 6) is -1.20. The van der Waals surface area contributed by atoms with Crippen molar-refractivity contribution in [1.29, 1.82) is 0 Å². The molecule has 0 aliphatic rings. The SMILES string of the molecule is COc1ccc(O)c(C(=O)OCC(=O)Nc2nc3ccc(C)cc3s2)c1. The zero-order chi connectivity index (χ0) is 18.7. The molecule has 2 aromatic carbocycles. The van der Waals surface area contributed by atoms with Gasteiger partial charge in [-0.3, -0.25) is 10.1 Å². The van der Waals surface area contributed by atoms with Crippen molar-refractivity contribution in [1.82, 2.24) is 4.98 Å². The highest BCUT2D eigenvalue weighted by Crippen LogP contribution is 2.27. The molecule has 0 unspecified atom stereocenters. The van der Waals surface area contributed by atoms with Gasteiger partial charge in [-0.25, -0.2) is 9.78 Å². The van der Waals surface area contributed by atoms with Gasteiger partial charge in [0.1, 0.15) is 17.1 Å². The van der Waals surface area contributed by atoms with Crippen LogP contribution in [0, 0.1) is 6.92 Å². The fraction of sp³-hybridized carbons (Fsp3) is 0.167. The number of carbonyl (C=O) groups excluding carboxylic acids is 2. The monoisotopic (exact) mass is 372 g/mol. The van der Waals surface area contributed by atoms with Crippen LogP contribution < -0.4 is 10.1 Å². The van der Waals surface area contributed by atoms with E-state index in [4.69, 9.17) is 9.47 Å². The molecule has 0 spiro atoms. The van der Waals surface area contributed by atoms with Crippen LogP contribution in [0.5, 0.6) is 11.5 Å². The molecule has 0 saturated heterocycles. The highest BCUT2D eigenvalue weighted by molar-refractivity contribution is 7.22. The number of aromatic hydroxyl groups is 1. The number of amides is 1. The Hall–Kier alpha value is -3.13. The molecule has 0 bridgehead atoms. The molecule has 0 saturated carbocycles. The summed E-state index contributed by atoms with van der Waals surface area (Å²) in [7, 11) is 1.44. The van der Waals surface area contributed by atoms with Crippen molar-refractivity contribution in [2.75, 3.05) is 19.0 Å². The highest BCUT2D eigenvalue weighted by atomic mass is 32.1. The molecule has 7 nitrogen and oxygen atoms in total. The van der Waals surface area contributed by atoms with Crippen LogP contribution in [0.2, 0.25) is 0 Å². The first-order chi connectivity index (χ1) is 12.5. The van der Waals surface area contributed by atoms with Gasteiger partial charge in [-0.15, -0.1) is 0 Å². The molecule has 8 heteroatoms. The largest absolute Gasteiger partial charge is 0.507 e. The van der Waals surface area contributed by atoms with Crippen molar-refractivity contribution in [2.24, 2.45) is 0 Å². The molecular formula is C18H16N2O5S. The van der Waals surface area contributed by atoms with Crippen LogP contribution in [0.25, 0.3) is 10.2 Å². The lowest BCUT2D eigenvalue weighted by molar-refractivity contribution is -0.119. The first-order valence-corrected chi connectivity index (χ1v) is 8.49. The Kier molecular flexibility index (Phi) is 5.04. The van der Waals surface area contributed by atoms with E-state index in [2.05, 4.69) is 10.3 Å². The van der Waals surface area contributed by atoms with E-state index in [0.717, 1.165) is 15.8 Å². The lowest BCUT2D eigenvalue weighted by atomic mass is 10.2. The summed E-state index contributed by atoms with van der Waals surface area (Å²) in [5, 5.41) is 12.8. The minimum Gasteiger partial charge on any atom is -0.507 e. The number of carbonyl (C=O) groups is 2. The highest BCUT2D eigenvalue weighted by Gasteiger charge is 2.16. The Balaban J connectivity index is 1.62. The van der Waals surface area contributed by atoms with Crippen molar-refractivity contribution in [3.8, 4) is 11.5 Å². The van der Waals surface area contributed by atoms with Crippen LogP contribution in [0.3, 0.4) is 0 Å². The summed E-state index contributed by atoms with van der Waals surface area (Å²) in [6.45, 7) is 1.48. The van der Waals surface area contributed by atoms with E-state index in [9.17, 15) is 14.7 Å². The van der Waals surface area contributed by atoms with Gasteiger partial charge < -0.3 is 14.6 Å². The summed E-state index contributed by atoms with van der Waals surface area (Å²) < 4.78 is 10.9. The number of methoxy groups -OCH3 is 1. The predicted molar refractivity (Wildman–Crippen MR) is 97.9 cm³/mol. The Labute approximate surface area is 153 Å². The third-order valence-electron chi connectivity index (χ3n) is 3.55. The summed E-state index contributed by atoms with van der Waals surface area (Å²) >= 11 is 1.34. The molecule has 3 aromatic rings. The number of hydrogen-bond acceptors (Lipinski definition) is 7. The molecule has 0 aliphatic carbocycles. The first-order valence-electron chi connectivity index (χ1n) is 7.67. The minimum absolute atomic E-state index is 0.0763. The Morgan fingerprint density at radius 2 is 2.04 bits per heavy atom. The van der Waals surface area contributed by atoms with Crippen molar-refractivity contribution in [3.05, 3.63) is 47.5 Å². The van der Waals surface area contributed by atoms with E-state index in [-0.39, 0.29) is 11.3 Å². The van der Waals surface area contributed by atoms with Crippen molar-refractivity contribution >= 4 is 38.6 Å². The number of rotatable bonds is 5. The molecule has 3 rings (SSSR count). The zero-order valence-electron chi connectivity index (χ0n) is 14.1. The number of fused-ring (bicyclic) bond motifs is 1. The lowest BCUT2D eigenvalue weighted by Gasteiger charge is -2.07. The number of aromatic nitrogens is 1. The number of anilines is 1. The molecule has 1 amide bonds. The molecule has 1 heterocycles. The van der Waals surface area contributed by atoms with E-state index >= 15 is 0 Å². The Morgan fingerprint density at radius 3 is 2.81 bits per heavy atom. The van der Waals surface area contributed by atoms with Crippen molar-refractivity contribution in [2.45, 2.75) is 6.92 Å².